The highest BCUT2D eigenvalue weighted by Crippen LogP contribution is 2.09. The van der Waals surface area contributed by atoms with Crippen molar-refractivity contribution in [3.63, 3.8) is 0 Å². The van der Waals surface area contributed by atoms with Gasteiger partial charge in [-0.05, 0) is 50.5 Å². The zero-order valence-electron chi connectivity index (χ0n) is 15.2. The highest BCUT2D eigenvalue weighted by Gasteiger charge is 2.14. The number of hydrogen-bond acceptors (Lipinski definition) is 4. The third-order valence-electron chi connectivity index (χ3n) is 3.95. The smallest absolute Gasteiger partial charge is 0.271 e. The predicted molar refractivity (Wildman–Crippen MR) is 96.6 cm³/mol. The molecule has 0 aliphatic rings. The summed E-state index contributed by atoms with van der Waals surface area (Å²) in [5.74, 6) is -0.354. The van der Waals surface area contributed by atoms with Gasteiger partial charge in [-0.2, -0.15) is 0 Å². The van der Waals surface area contributed by atoms with Gasteiger partial charge in [0.2, 0.25) is 0 Å². The minimum atomic E-state index is -0.180. The lowest BCUT2D eigenvalue weighted by molar-refractivity contribution is 0.0820. The van der Waals surface area contributed by atoms with Crippen LogP contribution in [0.5, 0.6) is 0 Å². The summed E-state index contributed by atoms with van der Waals surface area (Å²) >= 11 is 0. The van der Waals surface area contributed by atoms with Crippen molar-refractivity contribution in [1.29, 1.82) is 0 Å². The molecule has 2 aromatic rings. The van der Waals surface area contributed by atoms with Gasteiger partial charge in [0.15, 0.2) is 0 Å². The van der Waals surface area contributed by atoms with Gasteiger partial charge in [0.1, 0.15) is 5.69 Å². The summed E-state index contributed by atoms with van der Waals surface area (Å²) in [5, 5.41) is 2.90. The van der Waals surface area contributed by atoms with E-state index in [1.165, 1.54) is 4.90 Å². The van der Waals surface area contributed by atoms with Crippen molar-refractivity contribution in [3.8, 4) is 0 Å². The molecule has 0 radical (unpaired) electrons. The number of hydrogen-bond donors (Lipinski definition) is 1. The first-order valence-corrected chi connectivity index (χ1v) is 8.28. The fraction of sp³-hybridized carbons (Fsp3) is 0.368. The van der Waals surface area contributed by atoms with Crippen LogP contribution in [0.1, 0.15) is 44.2 Å². The van der Waals surface area contributed by atoms with E-state index in [4.69, 9.17) is 0 Å². The normalized spacial score (nSPS) is 10.4. The quantitative estimate of drug-likeness (QED) is 0.818. The number of pyridine rings is 2. The van der Waals surface area contributed by atoms with Gasteiger partial charge in [-0.25, -0.2) is 4.98 Å². The molecule has 0 bridgehead atoms. The van der Waals surface area contributed by atoms with Crippen molar-refractivity contribution in [2.75, 3.05) is 20.6 Å². The van der Waals surface area contributed by atoms with Crippen molar-refractivity contribution in [2.45, 2.75) is 26.7 Å². The summed E-state index contributed by atoms with van der Waals surface area (Å²) in [6, 6.07) is 7.19. The second-order valence-electron chi connectivity index (χ2n) is 6.16. The molecule has 0 atom stereocenters. The van der Waals surface area contributed by atoms with Crippen molar-refractivity contribution in [1.82, 2.24) is 20.2 Å². The molecule has 6 heteroatoms. The molecular weight excluding hydrogens is 316 g/mol. The molecule has 132 valence electrons. The van der Waals surface area contributed by atoms with E-state index in [1.807, 2.05) is 19.1 Å². The molecule has 0 saturated carbocycles. The third kappa shape index (κ3) is 4.86. The molecule has 0 aliphatic heterocycles. The maximum Gasteiger partial charge on any atom is 0.271 e. The summed E-state index contributed by atoms with van der Waals surface area (Å²) < 4.78 is 0. The molecule has 0 aromatic carbocycles. The van der Waals surface area contributed by atoms with E-state index in [0.29, 0.717) is 23.5 Å². The van der Waals surface area contributed by atoms with Gasteiger partial charge >= 0.3 is 0 Å². The van der Waals surface area contributed by atoms with Crippen LogP contribution in [-0.2, 0) is 6.42 Å². The number of carbonyl (C=O) groups is 2. The lowest BCUT2D eigenvalue weighted by Gasteiger charge is -2.12. The molecule has 0 unspecified atom stereocenters. The highest BCUT2D eigenvalue weighted by molar-refractivity contribution is 5.97. The molecule has 0 spiro atoms. The van der Waals surface area contributed by atoms with E-state index in [-0.39, 0.29) is 11.8 Å². The third-order valence-corrected chi connectivity index (χ3v) is 3.95. The van der Waals surface area contributed by atoms with Gasteiger partial charge < -0.3 is 10.2 Å². The first-order valence-electron chi connectivity index (χ1n) is 8.28. The maximum atomic E-state index is 12.3. The van der Waals surface area contributed by atoms with Crippen molar-refractivity contribution in [2.24, 2.45) is 0 Å². The van der Waals surface area contributed by atoms with Crippen LogP contribution in [0.25, 0.3) is 0 Å². The van der Waals surface area contributed by atoms with Crippen LogP contribution >= 0.6 is 0 Å². The Labute approximate surface area is 148 Å². The molecule has 2 rings (SSSR count). The fourth-order valence-electron chi connectivity index (χ4n) is 2.48. The van der Waals surface area contributed by atoms with Gasteiger partial charge in [0.05, 0.1) is 11.3 Å². The number of rotatable bonds is 6. The molecule has 25 heavy (non-hydrogen) atoms. The van der Waals surface area contributed by atoms with Crippen molar-refractivity contribution < 1.29 is 9.59 Å². The van der Waals surface area contributed by atoms with Crippen LogP contribution in [0.3, 0.4) is 0 Å². The van der Waals surface area contributed by atoms with E-state index in [1.54, 1.807) is 39.3 Å². The average molecular weight is 340 g/mol. The van der Waals surface area contributed by atoms with Crippen molar-refractivity contribution in [3.05, 3.63) is 58.7 Å². The van der Waals surface area contributed by atoms with Gasteiger partial charge in [-0.3, -0.25) is 14.6 Å². The summed E-state index contributed by atoms with van der Waals surface area (Å²) in [6.07, 6.45) is 3.42. The second-order valence-corrected chi connectivity index (χ2v) is 6.16. The van der Waals surface area contributed by atoms with Crippen LogP contribution < -0.4 is 5.32 Å². The number of amides is 2. The first kappa shape index (κ1) is 18.6. The summed E-state index contributed by atoms with van der Waals surface area (Å²) in [4.78, 5) is 34.3. The molecule has 2 amide bonds. The van der Waals surface area contributed by atoms with Gasteiger partial charge in [-0.15, -0.1) is 0 Å². The molecule has 6 nitrogen and oxygen atoms in total. The average Bonchev–Trinajstić information content (AvgIpc) is 2.59. The van der Waals surface area contributed by atoms with Gasteiger partial charge in [0.25, 0.3) is 11.8 Å². The fourth-order valence-corrected chi connectivity index (χ4v) is 2.48. The molecule has 0 aliphatic carbocycles. The first-order chi connectivity index (χ1) is 11.9. The minimum Gasteiger partial charge on any atom is -0.352 e. The Morgan fingerprint density at radius 2 is 1.92 bits per heavy atom. The van der Waals surface area contributed by atoms with Crippen LogP contribution in [0.15, 0.2) is 30.5 Å². The number of nitrogens with one attached hydrogen (secondary N) is 1. The summed E-state index contributed by atoms with van der Waals surface area (Å²) in [5.41, 5.74) is 3.59. The van der Waals surface area contributed by atoms with Crippen LogP contribution in [0.2, 0.25) is 0 Å². The number of aromatic nitrogens is 2. The Hall–Kier alpha value is -2.76. The molecule has 0 fully saturated rings. The molecule has 1 N–H and O–H groups in total. The Kier molecular flexibility index (Phi) is 6.22. The van der Waals surface area contributed by atoms with E-state index in [0.717, 1.165) is 24.1 Å². The standard InChI is InChI=1S/C19H24N4O2/c1-13-7-5-11-20-16(13)8-6-12-21-18(24)15-9-10-17(22-14(15)2)19(25)23(3)4/h5,7,9-11H,6,8,12H2,1-4H3,(H,21,24). The Morgan fingerprint density at radius 3 is 2.56 bits per heavy atom. The number of nitrogens with zero attached hydrogens (tertiary/aromatic N) is 3. The monoisotopic (exact) mass is 340 g/mol. The Bertz CT molecular complexity index is 772. The SMILES string of the molecule is Cc1cccnc1CCCNC(=O)c1ccc(C(=O)N(C)C)nc1C. The second kappa shape index (κ2) is 8.37. The zero-order chi connectivity index (χ0) is 18.4. The van der Waals surface area contributed by atoms with Crippen LogP contribution in [0, 0.1) is 13.8 Å². The van der Waals surface area contributed by atoms with Crippen LogP contribution in [-0.4, -0.2) is 47.3 Å². The molecule has 2 aromatic heterocycles. The summed E-state index contributed by atoms with van der Waals surface area (Å²) in [7, 11) is 3.34. The molecule has 0 saturated heterocycles. The number of carbonyl (C=O) groups excluding carboxylic acids is 2. The van der Waals surface area contributed by atoms with E-state index < -0.39 is 0 Å². The topological polar surface area (TPSA) is 75.2 Å². The minimum absolute atomic E-state index is 0.174. The van der Waals surface area contributed by atoms with E-state index >= 15 is 0 Å². The number of aryl methyl sites for hydroxylation is 3. The lowest BCUT2D eigenvalue weighted by atomic mass is 10.1. The Balaban J connectivity index is 1.90. The summed E-state index contributed by atoms with van der Waals surface area (Å²) in [6.45, 7) is 4.33. The lowest BCUT2D eigenvalue weighted by Crippen LogP contribution is -2.27. The van der Waals surface area contributed by atoms with E-state index in [9.17, 15) is 9.59 Å². The van der Waals surface area contributed by atoms with Gasteiger partial charge in [-0.1, -0.05) is 6.07 Å². The van der Waals surface area contributed by atoms with Crippen LogP contribution in [0.4, 0.5) is 0 Å². The predicted octanol–water partition coefficient (Wildman–Crippen LogP) is 2.16. The highest BCUT2D eigenvalue weighted by atomic mass is 16.2. The zero-order valence-corrected chi connectivity index (χ0v) is 15.2. The molecular formula is C19H24N4O2. The van der Waals surface area contributed by atoms with Crippen molar-refractivity contribution >= 4 is 11.8 Å². The van der Waals surface area contributed by atoms with Gasteiger partial charge in [0, 0.05) is 32.5 Å². The molecule has 2 heterocycles. The van der Waals surface area contributed by atoms with E-state index in [2.05, 4.69) is 15.3 Å². The maximum absolute atomic E-state index is 12.3. The Morgan fingerprint density at radius 1 is 1.16 bits per heavy atom. The largest absolute Gasteiger partial charge is 0.352 e.